The van der Waals surface area contributed by atoms with Gasteiger partial charge < -0.3 is 15.2 Å². The highest BCUT2D eigenvalue weighted by Gasteiger charge is 2.42. The van der Waals surface area contributed by atoms with Crippen molar-refractivity contribution in [1.29, 1.82) is 0 Å². The van der Waals surface area contributed by atoms with Gasteiger partial charge in [0, 0.05) is 32.6 Å². The molecule has 1 fully saturated rings. The van der Waals surface area contributed by atoms with Gasteiger partial charge in [-0.3, -0.25) is 4.99 Å². The zero-order valence-electron chi connectivity index (χ0n) is 15.7. The van der Waals surface area contributed by atoms with Crippen molar-refractivity contribution in [2.75, 3.05) is 13.6 Å². The minimum Gasteiger partial charge on any atom is -0.356 e. The summed E-state index contributed by atoms with van der Waals surface area (Å²) in [5, 5.41) is 14.8. The third kappa shape index (κ3) is 5.71. The van der Waals surface area contributed by atoms with E-state index in [2.05, 4.69) is 30.4 Å². The third-order valence-corrected chi connectivity index (χ3v) is 5.49. The van der Waals surface area contributed by atoms with E-state index in [4.69, 9.17) is 0 Å². The first-order valence-corrected chi connectivity index (χ1v) is 9.29. The second-order valence-electron chi connectivity index (χ2n) is 7.38. The first-order valence-electron chi connectivity index (χ1n) is 9.29. The number of fused-ring (bicyclic) bond motifs is 1. The SMILES string of the molecule is CN=C(NCC1CCc2nnc(C)n2C1)NC1CCCC(C(F)(F)F)C1.I. The number of hydrogen-bond acceptors (Lipinski definition) is 3. The van der Waals surface area contributed by atoms with Gasteiger partial charge in [-0.1, -0.05) is 6.42 Å². The minimum atomic E-state index is -4.10. The average Bonchev–Trinajstić information content (AvgIpc) is 2.99. The number of aromatic nitrogens is 3. The summed E-state index contributed by atoms with van der Waals surface area (Å²) in [6.07, 6.45) is -0.491. The standard InChI is InChI=1S/C17H27F3N6.HI/c1-11-24-25-15-7-6-12(10-26(11)15)9-22-16(21-2)23-14-5-3-4-13(8-14)17(18,19)20;/h12-14H,3-10H2,1-2H3,(H2,21,22,23);1H. The maximum atomic E-state index is 13.0. The minimum absolute atomic E-state index is 0. The second kappa shape index (κ2) is 9.42. The molecule has 2 N–H and O–H groups in total. The molecule has 1 aliphatic carbocycles. The Bertz CT molecular complexity index is 645. The summed E-state index contributed by atoms with van der Waals surface area (Å²) in [4.78, 5) is 4.19. The maximum Gasteiger partial charge on any atom is 0.391 e. The van der Waals surface area contributed by atoms with Crippen LogP contribution in [-0.4, -0.2) is 46.5 Å². The van der Waals surface area contributed by atoms with E-state index in [1.807, 2.05) is 6.92 Å². The molecular formula is C17H28F3IN6. The van der Waals surface area contributed by atoms with Gasteiger partial charge in [0.05, 0.1) is 5.92 Å². The fraction of sp³-hybridized carbons (Fsp3) is 0.824. The van der Waals surface area contributed by atoms with E-state index in [0.29, 0.717) is 18.3 Å². The lowest BCUT2D eigenvalue weighted by atomic mass is 9.85. The number of aryl methyl sites for hydroxylation is 2. The Balaban J connectivity index is 0.00000261. The van der Waals surface area contributed by atoms with Gasteiger partial charge >= 0.3 is 6.18 Å². The van der Waals surface area contributed by atoms with Crippen LogP contribution in [0.2, 0.25) is 0 Å². The quantitative estimate of drug-likeness (QED) is 0.381. The van der Waals surface area contributed by atoms with Crippen LogP contribution in [0.15, 0.2) is 4.99 Å². The van der Waals surface area contributed by atoms with E-state index in [-0.39, 0.29) is 42.9 Å². The predicted octanol–water partition coefficient (Wildman–Crippen LogP) is 3.05. The van der Waals surface area contributed by atoms with Crippen LogP contribution < -0.4 is 10.6 Å². The molecule has 1 aliphatic heterocycles. The van der Waals surface area contributed by atoms with Crippen molar-refractivity contribution in [3.63, 3.8) is 0 Å². The lowest BCUT2D eigenvalue weighted by molar-refractivity contribution is -0.183. The highest BCUT2D eigenvalue weighted by molar-refractivity contribution is 14.0. The van der Waals surface area contributed by atoms with Crippen molar-refractivity contribution in [2.24, 2.45) is 16.8 Å². The number of hydrogen-bond donors (Lipinski definition) is 2. The number of halogens is 4. The maximum absolute atomic E-state index is 13.0. The molecule has 0 spiro atoms. The van der Waals surface area contributed by atoms with Gasteiger partial charge in [0.1, 0.15) is 11.6 Å². The zero-order chi connectivity index (χ0) is 18.7. The number of alkyl halides is 3. The molecule has 154 valence electrons. The van der Waals surface area contributed by atoms with E-state index in [1.165, 1.54) is 0 Å². The van der Waals surface area contributed by atoms with Gasteiger partial charge in [-0.25, -0.2) is 0 Å². The van der Waals surface area contributed by atoms with Crippen LogP contribution in [0.5, 0.6) is 0 Å². The second-order valence-corrected chi connectivity index (χ2v) is 7.38. The summed E-state index contributed by atoms with van der Waals surface area (Å²) < 4.78 is 41.0. The first-order chi connectivity index (χ1) is 12.4. The molecule has 2 heterocycles. The van der Waals surface area contributed by atoms with Crippen LogP contribution in [0.4, 0.5) is 13.2 Å². The van der Waals surface area contributed by atoms with E-state index < -0.39 is 12.1 Å². The molecule has 0 aromatic carbocycles. The number of rotatable bonds is 3. The molecule has 1 saturated carbocycles. The number of guanidine groups is 1. The van der Waals surface area contributed by atoms with Gasteiger partial charge in [0.15, 0.2) is 5.96 Å². The molecule has 0 radical (unpaired) electrons. The van der Waals surface area contributed by atoms with Crippen molar-refractivity contribution in [3.8, 4) is 0 Å². The van der Waals surface area contributed by atoms with Crippen LogP contribution in [0, 0.1) is 18.8 Å². The Morgan fingerprint density at radius 2 is 2.04 bits per heavy atom. The summed E-state index contributed by atoms with van der Waals surface area (Å²) in [6, 6.07) is -0.181. The van der Waals surface area contributed by atoms with Crippen LogP contribution >= 0.6 is 24.0 Å². The molecule has 0 bridgehead atoms. The summed E-state index contributed by atoms with van der Waals surface area (Å²) >= 11 is 0. The van der Waals surface area contributed by atoms with Crippen molar-refractivity contribution >= 4 is 29.9 Å². The van der Waals surface area contributed by atoms with Gasteiger partial charge in [0.2, 0.25) is 0 Å². The average molecular weight is 500 g/mol. The van der Waals surface area contributed by atoms with Crippen LogP contribution in [-0.2, 0) is 13.0 Å². The molecule has 3 rings (SSSR count). The highest BCUT2D eigenvalue weighted by Crippen LogP contribution is 2.37. The number of nitrogens with zero attached hydrogens (tertiary/aromatic N) is 4. The van der Waals surface area contributed by atoms with Crippen molar-refractivity contribution < 1.29 is 13.2 Å². The fourth-order valence-corrected chi connectivity index (χ4v) is 3.94. The molecule has 2 aliphatic rings. The zero-order valence-corrected chi connectivity index (χ0v) is 18.1. The van der Waals surface area contributed by atoms with E-state index in [0.717, 1.165) is 44.0 Å². The van der Waals surface area contributed by atoms with Gasteiger partial charge in [-0.15, -0.1) is 34.2 Å². The fourth-order valence-electron chi connectivity index (χ4n) is 3.94. The normalized spacial score (nSPS) is 26.1. The summed E-state index contributed by atoms with van der Waals surface area (Å²) in [5.41, 5.74) is 0. The third-order valence-electron chi connectivity index (χ3n) is 5.49. The van der Waals surface area contributed by atoms with Gasteiger partial charge in [-0.05, 0) is 38.5 Å². The summed E-state index contributed by atoms with van der Waals surface area (Å²) in [6.45, 7) is 3.54. The number of aliphatic imine (C=N–C) groups is 1. The predicted molar refractivity (Wildman–Crippen MR) is 108 cm³/mol. The van der Waals surface area contributed by atoms with E-state index >= 15 is 0 Å². The molecule has 3 atom stereocenters. The number of nitrogens with one attached hydrogen (secondary N) is 2. The molecule has 1 aromatic heterocycles. The Labute approximate surface area is 174 Å². The topological polar surface area (TPSA) is 67.1 Å². The lowest BCUT2D eigenvalue weighted by Gasteiger charge is -2.32. The Hall–Kier alpha value is -1.07. The van der Waals surface area contributed by atoms with E-state index in [9.17, 15) is 13.2 Å². The molecule has 1 aromatic rings. The van der Waals surface area contributed by atoms with Crippen molar-refractivity contribution in [1.82, 2.24) is 25.4 Å². The van der Waals surface area contributed by atoms with Crippen molar-refractivity contribution in [3.05, 3.63) is 11.6 Å². The molecule has 6 nitrogen and oxygen atoms in total. The summed E-state index contributed by atoms with van der Waals surface area (Å²) in [5.74, 6) is 1.75. The van der Waals surface area contributed by atoms with Crippen LogP contribution in [0.3, 0.4) is 0 Å². The lowest BCUT2D eigenvalue weighted by Crippen LogP contribution is -2.48. The molecule has 27 heavy (non-hydrogen) atoms. The smallest absolute Gasteiger partial charge is 0.356 e. The van der Waals surface area contributed by atoms with E-state index in [1.54, 1.807) is 7.05 Å². The highest BCUT2D eigenvalue weighted by atomic mass is 127. The van der Waals surface area contributed by atoms with Gasteiger partial charge in [-0.2, -0.15) is 13.2 Å². The van der Waals surface area contributed by atoms with Gasteiger partial charge in [0.25, 0.3) is 0 Å². The summed E-state index contributed by atoms with van der Waals surface area (Å²) in [7, 11) is 1.66. The van der Waals surface area contributed by atoms with Crippen molar-refractivity contribution in [2.45, 2.75) is 64.2 Å². The Morgan fingerprint density at radius 1 is 1.26 bits per heavy atom. The monoisotopic (exact) mass is 500 g/mol. The first kappa shape index (κ1) is 22.2. The van der Waals surface area contributed by atoms with Crippen LogP contribution in [0.1, 0.15) is 43.8 Å². The Kier molecular flexibility index (Phi) is 7.75. The largest absolute Gasteiger partial charge is 0.391 e. The molecule has 0 saturated heterocycles. The molecule has 0 amide bonds. The molecular weight excluding hydrogens is 472 g/mol. The Morgan fingerprint density at radius 3 is 2.74 bits per heavy atom. The van der Waals surface area contributed by atoms with Crippen LogP contribution in [0.25, 0.3) is 0 Å². The molecule has 10 heteroatoms. The molecule has 3 unspecified atom stereocenters.